The summed E-state index contributed by atoms with van der Waals surface area (Å²) in [5.41, 5.74) is 0. The maximum atomic E-state index is 12.7. The van der Waals surface area contributed by atoms with Gasteiger partial charge >= 0.3 is 12.0 Å². The van der Waals surface area contributed by atoms with Crippen LogP contribution in [-0.4, -0.2) is 65.7 Å². The van der Waals surface area contributed by atoms with Crippen molar-refractivity contribution in [1.82, 2.24) is 15.1 Å². The normalized spacial score (nSPS) is 24.8. The summed E-state index contributed by atoms with van der Waals surface area (Å²) in [5, 5.41) is 12.2. The minimum Gasteiger partial charge on any atom is -0.480 e. The Morgan fingerprint density at radius 1 is 1.08 bits per heavy atom. The quantitative estimate of drug-likeness (QED) is 0.756. The number of nitrogens with zero attached hydrogens (tertiary/aromatic N) is 2. The number of carboxylic acids is 1. The number of rotatable bonds is 6. The molecule has 0 radical (unpaired) electrons. The highest BCUT2D eigenvalue weighted by molar-refractivity contribution is 5.74. The SMILES string of the molecule is CC(NC(=O)N1CCCC(N(C)CC(=O)O)CC1)C(C)C1CCCCC1. The van der Waals surface area contributed by atoms with Gasteiger partial charge in [0, 0.05) is 25.2 Å². The van der Waals surface area contributed by atoms with Crippen LogP contribution in [0.5, 0.6) is 0 Å². The van der Waals surface area contributed by atoms with E-state index in [1.165, 1.54) is 32.1 Å². The van der Waals surface area contributed by atoms with Crippen LogP contribution in [-0.2, 0) is 4.79 Å². The van der Waals surface area contributed by atoms with Gasteiger partial charge in [0.05, 0.1) is 6.54 Å². The fourth-order valence-corrected chi connectivity index (χ4v) is 4.55. The summed E-state index contributed by atoms with van der Waals surface area (Å²) >= 11 is 0. The van der Waals surface area contributed by atoms with Gasteiger partial charge in [0.2, 0.25) is 0 Å². The fraction of sp³-hybridized carbons (Fsp3) is 0.900. The van der Waals surface area contributed by atoms with Gasteiger partial charge in [-0.2, -0.15) is 0 Å². The van der Waals surface area contributed by atoms with E-state index in [1.807, 2.05) is 16.8 Å². The molecule has 2 amide bonds. The Labute approximate surface area is 158 Å². The molecule has 3 atom stereocenters. The highest BCUT2D eigenvalue weighted by Gasteiger charge is 2.28. The number of amides is 2. The Morgan fingerprint density at radius 2 is 1.77 bits per heavy atom. The van der Waals surface area contributed by atoms with E-state index < -0.39 is 5.97 Å². The molecule has 0 spiro atoms. The molecule has 2 N–H and O–H groups in total. The number of carbonyl (C=O) groups excluding carboxylic acids is 1. The molecule has 0 aromatic carbocycles. The number of hydrogen-bond donors (Lipinski definition) is 2. The standard InChI is InChI=1S/C20H37N3O3/c1-15(17-8-5-4-6-9-17)16(2)21-20(26)23-12-7-10-18(11-13-23)22(3)14-19(24)25/h15-18H,4-14H2,1-3H3,(H,21,26)(H,24,25). The van der Waals surface area contributed by atoms with Crippen molar-refractivity contribution in [3.8, 4) is 0 Å². The Bertz CT molecular complexity index is 465. The van der Waals surface area contributed by atoms with Crippen LogP contribution >= 0.6 is 0 Å². The topological polar surface area (TPSA) is 72.9 Å². The first-order valence-electron chi connectivity index (χ1n) is 10.4. The smallest absolute Gasteiger partial charge is 0.317 e. The molecule has 2 rings (SSSR count). The molecule has 150 valence electrons. The zero-order valence-electron chi connectivity index (χ0n) is 16.7. The largest absolute Gasteiger partial charge is 0.480 e. The molecule has 1 saturated carbocycles. The van der Waals surface area contributed by atoms with Crippen molar-refractivity contribution in [2.24, 2.45) is 11.8 Å². The lowest BCUT2D eigenvalue weighted by molar-refractivity contribution is -0.138. The van der Waals surface area contributed by atoms with Gasteiger partial charge in [-0.3, -0.25) is 9.69 Å². The molecule has 6 heteroatoms. The van der Waals surface area contributed by atoms with Gasteiger partial charge in [-0.15, -0.1) is 0 Å². The van der Waals surface area contributed by atoms with Gasteiger partial charge < -0.3 is 15.3 Å². The average Bonchev–Trinajstić information content (AvgIpc) is 2.87. The van der Waals surface area contributed by atoms with Gasteiger partial charge in [-0.05, 0) is 45.1 Å². The number of nitrogens with one attached hydrogen (secondary N) is 1. The minimum atomic E-state index is -0.795. The highest BCUT2D eigenvalue weighted by atomic mass is 16.4. The predicted octanol–water partition coefficient (Wildman–Crippen LogP) is 3.17. The zero-order chi connectivity index (χ0) is 19.1. The number of urea groups is 1. The number of carboxylic acid groups (broad SMARTS) is 1. The van der Waals surface area contributed by atoms with E-state index in [2.05, 4.69) is 19.2 Å². The molecular weight excluding hydrogens is 330 g/mol. The van der Waals surface area contributed by atoms with Gasteiger partial charge in [-0.25, -0.2) is 4.79 Å². The molecule has 6 nitrogen and oxygen atoms in total. The van der Waals surface area contributed by atoms with Crippen molar-refractivity contribution in [2.75, 3.05) is 26.7 Å². The van der Waals surface area contributed by atoms with Crippen molar-refractivity contribution in [3.63, 3.8) is 0 Å². The fourth-order valence-electron chi connectivity index (χ4n) is 4.55. The van der Waals surface area contributed by atoms with E-state index in [4.69, 9.17) is 5.11 Å². The lowest BCUT2D eigenvalue weighted by Gasteiger charge is -2.33. The van der Waals surface area contributed by atoms with Gasteiger partial charge in [0.1, 0.15) is 0 Å². The van der Waals surface area contributed by atoms with E-state index in [0.717, 1.165) is 31.7 Å². The van der Waals surface area contributed by atoms with Crippen LogP contribution < -0.4 is 5.32 Å². The second-order valence-electron chi connectivity index (χ2n) is 8.38. The molecule has 0 bridgehead atoms. The third-order valence-corrected chi connectivity index (χ3v) is 6.53. The first kappa shape index (κ1) is 21.0. The zero-order valence-corrected chi connectivity index (χ0v) is 16.7. The van der Waals surface area contributed by atoms with Crippen LogP contribution in [0.25, 0.3) is 0 Å². The summed E-state index contributed by atoms with van der Waals surface area (Å²) in [5.74, 6) is 0.454. The molecule has 2 fully saturated rings. The van der Waals surface area contributed by atoms with Crippen LogP contribution in [0.2, 0.25) is 0 Å². The van der Waals surface area contributed by atoms with E-state index in [0.29, 0.717) is 12.5 Å². The van der Waals surface area contributed by atoms with E-state index in [-0.39, 0.29) is 24.7 Å². The van der Waals surface area contributed by atoms with E-state index in [1.54, 1.807) is 0 Å². The molecule has 0 aromatic heterocycles. The van der Waals surface area contributed by atoms with Crippen LogP contribution in [0.15, 0.2) is 0 Å². The molecule has 26 heavy (non-hydrogen) atoms. The predicted molar refractivity (Wildman–Crippen MR) is 103 cm³/mol. The molecule has 1 aliphatic heterocycles. The molecule has 1 saturated heterocycles. The number of carbonyl (C=O) groups is 2. The van der Waals surface area contributed by atoms with Crippen LogP contribution in [0, 0.1) is 11.8 Å². The molecule has 0 aromatic rings. The molecule has 3 unspecified atom stereocenters. The molecule has 1 aliphatic carbocycles. The van der Waals surface area contributed by atoms with Crippen molar-refractivity contribution in [3.05, 3.63) is 0 Å². The summed E-state index contributed by atoms with van der Waals surface area (Å²) in [7, 11) is 1.86. The Balaban J connectivity index is 1.80. The highest BCUT2D eigenvalue weighted by Crippen LogP contribution is 2.31. The van der Waals surface area contributed by atoms with Gasteiger partial charge in [-0.1, -0.05) is 39.0 Å². The van der Waals surface area contributed by atoms with Crippen LogP contribution in [0.4, 0.5) is 4.79 Å². The lowest BCUT2D eigenvalue weighted by atomic mass is 9.78. The molecular formula is C20H37N3O3. The summed E-state index contributed by atoms with van der Waals surface area (Å²) in [6.07, 6.45) is 9.31. The summed E-state index contributed by atoms with van der Waals surface area (Å²) in [4.78, 5) is 27.4. The summed E-state index contributed by atoms with van der Waals surface area (Å²) in [6.45, 7) is 5.93. The van der Waals surface area contributed by atoms with E-state index >= 15 is 0 Å². The summed E-state index contributed by atoms with van der Waals surface area (Å²) < 4.78 is 0. The van der Waals surface area contributed by atoms with E-state index in [9.17, 15) is 9.59 Å². The van der Waals surface area contributed by atoms with Crippen molar-refractivity contribution < 1.29 is 14.7 Å². The van der Waals surface area contributed by atoms with Gasteiger partial charge in [0.25, 0.3) is 0 Å². The minimum absolute atomic E-state index is 0.0432. The lowest BCUT2D eigenvalue weighted by Crippen LogP contribution is -2.47. The number of aliphatic carboxylic acids is 1. The molecule has 2 aliphatic rings. The van der Waals surface area contributed by atoms with Crippen molar-refractivity contribution in [1.29, 1.82) is 0 Å². The summed E-state index contributed by atoms with van der Waals surface area (Å²) in [6, 6.07) is 0.475. The van der Waals surface area contributed by atoms with Crippen molar-refractivity contribution in [2.45, 2.75) is 77.3 Å². The second kappa shape index (κ2) is 10.1. The second-order valence-corrected chi connectivity index (χ2v) is 8.38. The Hall–Kier alpha value is -1.30. The van der Waals surface area contributed by atoms with Crippen molar-refractivity contribution >= 4 is 12.0 Å². The third kappa shape index (κ3) is 6.15. The maximum Gasteiger partial charge on any atom is 0.317 e. The maximum absolute atomic E-state index is 12.7. The van der Waals surface area contributed by atoms with Gasteiger partial charge in [0.15, 0.2) is 0 Å². The average molecular weight is 368 g/mol. The third-order valence-electron chi connectivity index (χ3n) is 6.53. The Kier molecular flexibility index (Phi) is 8.19. The van der Waals surface area contributed by atoms with Crippen LogP contribution in [0.3, 0.4) is 0 Å². The monoisotopic (exact) mass is 367 g/mol. The Morgan fingerprint density at radius 3 is 2.42 bits per heavy atom. The number of likely N-dealkylation sites (tertiary alicyclic amines) is 1. The first-order chi connectivity index (χ1) is 12.4. The number of hydrogen-bond acceptors (Lipinski definition) is 3. The molecule has 1 heterocycles. The van der Waals surface area contributed by atoms with Crippen LogP contribution in [0.1, 0.15) is 65.2 Å². The number of likely N-dealkylation sites (N-methyl/N-ethyl adjacent to an activating group) is 1. The first-order valence-corrected chi connectivity index (χ1v) is 10.4.